The standard InChI is InChI=1S/C15H9ClN4O6/c1-26-14-11(19(22)23)9-10(13(21)12(14)20(24)25)17-8(15(16)18-9)7-5-3-2-4-6-7/h2-6,21H,1H3. The molecule has 0 aliphatic heterocycles. The lowest BCUT2D eigenvalue weighted by atomic mass is 10.1. The van der Waals surface area contributed by atoms with Gasteiger partial charge < -0.3 is 9.84 Å². The monoisotopic (exact) mass is 376 g/mol. The molecule has 0 spiro atoms. The first-order chi connectivity index (χ1) is 12.4. The molecule has 26 heavy (non-hydrogen) atoms. The number of phenols is 1. The molecule has 132 valence electrons. The number of hydrogen-bond donors (Lipinski definition) is 1. The summed E-state index contributed by atoms with van der Waals surface area (Å²) < 4.78 is 4.79. The Morgan fingerprint density at radius 3 is 2.19 bits per heavy atom. The first-order valence-electron chi connectivity index (χ1n) is 7.01. The van der Waals surface area contributed by atoms with Gasteiger partial charge in [-0.3, -0.25) is 20.2 Å². The van der Waals surface area contributed by atoms with Crippen molar-refractivity contribution in [1.29, 1.82) is 0 Å². The fourth-order valence-electron chi connectivity index (χ4n) is 2.50. The number of aromatic nitrogens is 2. The average molecular weight is 377 g/mol. The van der Waals surface area contributed by atoms with E-state index in [-0.39, 0.29) is 10.8 Å². The predicted molar refractivity (Wildman–Crippen MR) is 91.5 cm³/mol. The molecule has 11 heteroatoms. The number of nitrogens with zero attached hydrogens (tertiary/aromatic N) is 4. The molecule has 3 aromatic rings. The van der Waals surface area contributed by atoms with Crippen molar-refractivity contribution in [2.24, 2.45) is 0 Å². The first-order valence-corrected chi connectivity index (χ1v) is 7.39. The van der Waals surface area contributed by atoms with Crippen LogP contribution in [0.3, 0.4) is 0 Å². The Morgan fingerprint density at radius 2 is 1.65 bits per heavy atom. The Bertz CT molecular complexity index is 1060. The maximum Gasteiger partial charge on any atom is 0.361 e. The molecule has 0 unspecified atom stereocenters. The summed E-state index contributed by atoms with van der Waals surface area (Å²) in [5, 5.41) is 32.9. The number of halogens is 1. The fraction of sp³-hybridized carbons (Fsp3) is 0.0667. The number of benzene rings is 2. The quantitative estimate of drug-likeness (QED) is 0.538. The highest BCUT2D eigenvalue weighted by molar-refractivity contribution is 6.32. The molecule has 1 heterocycles. The lowest BCUT2D eigenvalue weighted by Crippen LogP contribution is -2.03. The molecular weight excluding hydrogens is 368 g/mol. The Balaban J connectivity index is 2.50. The minimum Gasteiger partial charge on any atom is -0.500 e. The molecule has 2 aromatic carbocycles. The maximum absolute atomic E-state index is 11.5. The van der Waals surface area contributed by atoms with Crippen molar-refractivity contribution in [2.45, 2.75) is 0 Å². The summed E-state index contributed by atoms with van der Waals surface area (Å²) in [5.41, 5.74) is -1.98. The van der Waals surface area contributed by atoms with Crippen LogP contribution in [0.25, 0.3) is 22.3 Å². The molecular formula is C15H9ClN4O6. The van der Waals surface area contributed by atoms with Crippen LogP contribution in [0, 0.1) is 20.2 Å². The summed E-state index contributed by atoms with van der Waals surface area (Å²) in [6, 6.07) is 8.48. The molecule has 0 saturated carbocycles. The smallest absolute Gasteiger partial charge is 0.361 e. The third-order valence-corrected chi connectivity index (χ3v) is 3.84. The number of nitro groups is 2. The van der Waals surface area contributed by atoms with Crippen LogP contribution in [-0.4, -0.2) is 32.0 Å². The summed E-state index contributed by atoms with van der Waals surface area (Å²) in [6.45, 7) is 0. The fourth-order valence-corrected chi connectivity index (χ4v) is 2.73. The molecule has 1 aromatic heterocycles. The van der Waals surface area contributed by atoms with Crippen LogP contribution in [-0.2, 0) is 0 Å². The summed E-state index contributed by atoms with van der Waals surface area (Å²) in [6.07, 6.45) is 0. The third kappa shape index (κ3) is 2.62. The maximum atomic E-state index is 11.5. The number of ether oxygens (including phenoxy) is 1. The number of phenolic OH excluding ortho intramolecular Hbond substituents is 1. The molecule has 0 saturated heterocycles. The van der Waals surface area contributed by atoms with Crippen molar-refractivity contribution in [2.75, 3.05) is 7.11 Å². The van der Waals surface area contributed by atoms with E-state index in [0.29, 0.717) is 5.56 Å². The first kappa shape index (κ1) is 17.3. The van der Waals surface area contributed by atoms with E-state index in [0.717, 1.165) is 7.11 Å². The molecule has 0 aliphatic rings. The van der Waals surface area contributed by atoms with E-state index in [1.54, 1.807) is 30.3 Å². The van der Waals surface area contributed by atoms with Crippen LogP contribution in [0.15, 0.2) is 30.3 Å². The molecule has 1 N–H and O–H groups in total. The molecule has 3 rings (SSSR count). The third-order valence-electron chi connectivity index (χ3n) is 3.57. The summed E-state index contributed by atoms with van der Waals surface area (Å²) in [5.74, 6) is -1.63. The van der Waals surface area contributed by atoms with Crippen molar-refractivity contribution in [3.63, 3.8) is 0 Å². The largest absolute Gasteiger partial charge is 0.500 e. The van der Waals surface area contributed by atoms with Gasteiger partial charge >= 0.3 is 11.4 Å². The molecule has 10 nitrogen and oxygen atoms in total. The van der Waals surface area contributed by atoms with E-state index < -0.39 is 43.8 Å². The van der Waals surface area contributed by atoms with Gasteiger partial charge in [0.15, 0.2) is 10.7 Å². The summed E-state index contributed by atoms with van der Waals surface area (Å²) in [7, 11) is 1.01. The Labute approximate surface area is 149 Å². The number of hydrogen-bond acceptors (Lipinski definition) is 8. The van der Waals surface area contributed by atoms with Gasteiger partial charge in [-0.1, -0.05) is 41.9 Å². The van der Waals surface area contributed by atoms with Gasteiger partial charge in [0.25, 0.3) is 5.75 Å². The Kier molecular flexibility index (Phi) is 4.26. The van der Waals surface area contributed by atoms with Crippen LogP contribution in [0.5, 0.6) is 11.5 Å². The number of rotatable bonds is 4. The minimum atomic E-state index is -0.987. The van der Waals surface area contributed by atoms with Gasteiger partial charge in [-0.2, -0.15) is 0 Å². The molecule has 0 aliphatic carbocycles. The van der Waals surface area contributed by atoms with E-state index in [4.69, 9.17) is 16.3 Å². The molecule has 0 atom stereocenters. The zero-order valence-electron chi connectivity index (χ0n) is 13.0. The van der Waals surface area contributed by atoms with Gasteiger partial charge in [0.05, 0.1) is 17.0 Å². The van der Waals surface area contributed by atoms with Gasteiger partial charge in [0.2, 0.25) is 5.75 Å². The highest BCUT2D eigenvalue weighted by Crippen LogP contribution is 2.49. The van der Waals surface area contributed by atoms with Crippen LogP contribution in [0.1, 0.15) is 0 Å². The molecule has 0 amide bonds. The predicted octanol–water partition coefficient (Wildman–Crippen LogP) is 3.48. The zero-order valence-corrected chi connectivity index (χ0v) is 13.8. The topological polar surface area (TPSA) is 142 Å². The van der Waals surface area contributed by atoms with Crippen LogP contribution in [0.4, 0.5) is 11.4 Å². The second kappa shape index (κ2) is 6.41. The van der Waals surface area contributed by atoms with E-state index in [1.165, 1.54) is 0 Å². The highest BCUT2D eigenvalue weighted by Gasteiger charge is 2.37. The van der Waals surface area contributed by atoms with E-state index in [2.05, 4.69) is 9.97 Å². The van der Waals surface area contributed by atoms with Crippen molar-refractivity contribution < 1.29 is 19.7 Å². The highest BCUT2D eigenvalue weighted by atomic mass is 35.5. The summed E-state index contributed by atoms with van der Waals surface area (Å²) >= 11 is 6.11. The van der Waals surface area contributed by atoms with Gasteiger partial charge in [0.1, 0.15) is 11.2 Å². The number of methoxy groups -OCH3 is 1. The van der Waals surface area contributed by atoms with Gasteiger partial charge in [-0.15, -0.1) is 0 Å². The van der Waals surface area contributed by atoms with Crippen LogP contribution < -0.4 is 4.74 Å². The minimum absolute atomic E-state index is 0.115. The van der Waals surface area contributed by atoms with Crippen molar-refractivity contribution >= 4 is 34.0 Å². The van der Waals surface area contributed by atoms with E-state index in [1.807, 2.05) is 0 Å². The second-order valence-electron chi connectivity index (χ2n) is 5.02. The van der Waals surface area contributed by atoms with Crippen molar-refractivity contribution in [3.8, 4) is 22.8 Å². The summed E-state index contributed by atoms with van der Waals surface area (Å²) in [4.78, 5) is 28.9. The normalized spacial score (nSPS) is 10.7. The Hall–Kier alpha value is -3.53. The lowest BCUT2D eigenvalue weighted by Gasteiger charge is -2.10. The van der Waals surface area contributed by atoms with Crippen LogP contribution >= 0.6 is 11.6 Å². The number of aromatic hydroxyl groups is 1. The SMILES string of the molecule is COc1c([N+](=O)[O-])c(O)c2nc(-c3ccccc3)c(Cl)nc2c1[N+](=O)[O-]. The average Bonchev–Trinajstić information content (AvgIpc) is 2.60. The van der Waals surface area contributed by atoms with E-state index >= 15 is 0 Å². The van der Waals surface area contributed by atoms with Gasteiger partial charge in [-0.05, 0) is 0 Å². The number of fused-ring (bicyclic) bond motifs is 1. The molecule has 0 fully saturated rings. The Morgan fingerprint density at radius 1 is 1.04 bits per heavy atom. The van der Waals surface area contributed by atoms with Gasteiger partial charge in [0, 0.05) is 5.56 Å². The van der Waals surface area contributed by atoms with Crippen molar-refractivity contribution in [1.82, 2.24) is 9.97 Å². The zero-order chi connectivity index (χ0) is 19.0. The van der Waals surface area contributed by atoms with Gasteiger partial charge in [-0.25, -0.2) is 9.97 Å². The molecule has 0 bridgehead atoms. The van der Waals surface area contributed by atoms with Crippen LogP contribution in [0.2, 0.25) is 5.15 Å². The number of nitro benzene ring substituents is 2. The second-order valence-corrected chi connectivity index (χ2v) is 5.38. The lowest BCUT2D eigenvalue weighted by molar-refractivity contribution is -0.395. The molecule has 0 radical (unpaired) electrons. The van der Waals surface area contributed by atoms with Crippen molar-refractivity contribution in [3.05, 3.63) is 55.7 Å². The van der Waals surface area contributed by atoms with E-state index in [9.17, 15) is 25.3 Å².